The number of hydrazone groups is 1. The quantitative estimate of drug-likeness (QED) is 0.410. The first-order valence-corrected chi connectivity index (χ1v) is 8.43. The first kappa shape index (κ1) is 17.6. The molecule has 0 aliphatic rings. The van der Waals surface area contributed by atoms with E-state index in [-0.39, 0.29) is 0 Å². The maximum absolute atomic E-state index is 5.36. The highest BCUT2D eigenvalue weighted by Crippen LogP contribution is 2.22. The van der Waals surface area contributed by atoms with Crippen LogP contribution in [0.5, 0.6) is 5.75 Å². The van der Waals surface area contributed by atoms with E-state index in [0.29, 0.717) is 16.6 Å². The summed E-state index contributed by atoms with van der Waals surface area (Å²) in [7, 11) is 1.61. The molecule has 2 N–H and O–H groups in total. The third-order valence-corrected chi connectivity index (χ3v) is 3.77. The number of ether oxygens (including phenoxy) is 1. The first-order chi connectivity index (χ1) is 12.8. The molecule has 0 unspecified atom stereocenters. The van der Waals surface area contributed by atoms with Crippen LogP contribution in [0.1, 0.15) is 11.3 Å². The summed E-state index contributed by atoms with van der Waals surface area (Å²) in [6.07, 6.45) is 1.74. The molecule has 2 aromatic carbocycles. The summed E-state index contributed by atoms with van der Waals surface area (Å²) in [4.78, 5) is 4.39. The van der Waals surface area contributed by atoms with Gasteiger partial charge in [-0.05, 0) is 36.5 Å². The van der Waals surface area contributed by atoms with E-state index in [1.807, 2.05) is 72.8 Å². The molecule has 6 heteroatoms. The van der Waals surface area contributed by atoms with Crippen LogP contribution >= 0.6 is 12.2 Å². The van der Waals surface area contributed by atoms with Crippen molar-refractivity contribution in [1.82, 2.24) is 10.4 Å². The number of anilines is 1. The van der Waals surface area contributed by atoms with Gasteiger partial charge in [-0.1, -0.05) is 48.5 Å². The number of aromatic nitrogens is 1. The van der Waals surface area contributed by atoms with Crippen LogP contribution in [0.15, 0.2) is 84.1 Å². The SMILES string of the molecule is COc1ccccc1NC(=S)N/N=C(/c1ccccc1)c1ccccn1. The summed E-state index contributed by atoms with van der Waals surface area (Å²) in [6.45, 7) is 0. The Labute approximate surface area is 157 Å². The van der Waals surface area contributed by atoms with Gasteiger partial charge in [0.1, 0.15) is 11.5 Å². The molecule has 0 spiro atoms. The molecule has 0 saturated carbocycles. The molecule has 0 atom stereocenters. The summed E-state index contributed by atoms with van der Waals surface area (Å²) in [5.74, 6) is 0.702. The largest absolute Gasteiger partial charge is 0.495 e. The van der Waals surface area contributed by atoms with Gasteiger partial charge in [0, 0.05) is 11.8 Å². The van der Waals surface area contributed by atoms with Crippen LogP contribution in [-0.4, -0.2) is 22.9 Å². The van der Waals surface area contributed by atoms with Gasteiger partial charge in [0.25, 0.3) is 0 Å². The molecule has 0 radical (unpaired) electrons. The second-order valence-electron chi connectivity index (χ2n) is 5.31. The third kappa shape index (κ3) is 4.43. The van der Waals surface area contributed by atoms with Crippen molar-refractivity contribution in [2.24, 2.45) is 5.10 Å². The molecule has 1 aromatic heterocycles. The maximum Gasteiger partial charge on any atom is 0.191 e. The van der Waals surface area contributed by atoms with Gasteiger partial charge >= 0.3 is 0 Å². The minimum atomic E-state index is 0.360. The molecule has 0 bridgehead atoms. The van der Waals surface area contributed by atoms with Crippen LogP contribution in [-0.2, 0) is 0 Å². The van der Waals surface area contributed by atoms with Gasteiger partial charge in [-0.25, -0.2) is 0 Å². The predicted molar refractivity (Wildman–Crippen MR) is 109 cm³/mol. The zero-order valence-electron chi connectivity index (χ0n) is 14.2. The molecule has 0 fully saturated rings. The number of hydrogen-bond acceptors (Lipinski definition) is 4. The van der Waals surface area contributed by atoms with Crippen LogP contribution in [0, 0.1) is 0 Å². The molecule has 3 aromatic rings. The Morgan fingerprint density at radius 3 is 2.42 bits per heavy atom. The van der Waals surface area contributed by atoms with E-state index < -0.39 is 0 Å². The molecule has 3 rings (SSSR count). The number of nitrogens with one attached hydrogen (secondary N) is 2. The lowest BCUT2D eigenvalue weighted by atomic mass is 10.1. The highest BCUT2D eigenvalue weighted by Gasteiger charge is 2.09. The Morgan fingerprint density at radius 2 is 1.69 bits per heavy atom. The molecule has 0 aliphatic carbocycles. The minimum Gasteiger partial charge on any atom is -0.495 e. The molecule has 1 heterocycles. The summed E-state index contributed by atoms with van der Waals surface area (Å²) >= 11 is 5.36. The lowest BCUT2D eigenvalue weighted by molar-refractivity contribution is 0.417. The molecular formula is C20H18N4OS. The van der Waals surface area contributed by atoms with Crippen molar-refractivity contribution < 1.29 is 4.74 Å². The number of benzene rings is 2. The zero-order chi connectivity index (χ0) is 18.2. The van der Waals surface area contributed by atoms with Gasteiger partial charge in [0.15, 0.2) is 5.11 Å². The number of pyridine rings is 1. The molecule has 26 heavy (non-hydrogen) atoms. The van der Waals surface area contributed by atoms with Gasteiger partial charge in [0.2, 0.25) is 0 Å². The number of para-hydroxylation sites is 2. The van der Waals surface area contributed by atoms with Crippen molar-refractivity contribution in [1.29, 1.82) is 0 Å². The highest BCUT2D eigenvalue weighted by molar-refractivity contribution is 7.80. The summed E-state index contributed by atoms with van der Waals surface area (Å²) in [5.41, 5.74) is 6.06. The van der Waals surface area contributed by atoms with Crippen molar-refractivity contribution >= 4 is 28.7 Å². The predicted octanol–water partition coefficient (Wildman–Crippen LogP) is 3.83. The van der Waals surface area contributed by atoms with Crippen LogP contribution in [0.2, 0.25) is 0 Å². The second kappa shape index (κ2) is 8.73. The lowest BCUT2D eigenvalue weighted by Gasteiger charge is -2.12. The van der Waals surface area contributed by atoms with Gasteiger partial charge in [-0.15, -0.1) is 0 Å². The smallest absolute Gasteiger partial charge is 0.191 e. The Morgan fingerprint density at radius 1 is 0.962 bits per heavy atom. The molecule has 5 nitrogen and oxygen atoms in total. The molecule has 0 amide bonds. The van der Waals surface area contributed by atoms with Crippen molar-refractivity contribution in [2.75, 3.05) is 12.4 Å². The second-order valence-corrected chi connectivity index (χ2v) is 5.72. The van der Waals surface area contributed by atoms with Crippen molar-refractivity contribution in [2.45, 2.75) is 0 Å². The lowest BCUT2D eigenvalue weighted by Crippen LogP contribution is -2.26. The summed E-state index contributed by atoms with van der Waals surface area (Å²) < 4.78 is 5.31. The van der Waals surface area contributed by atoms with Gasteiger partial charge < -0.3 is 10.1 Å². The van der Waals surface area contributed by atoms with Gasteiger partial charge in [0.05, 0.1) is 18.5 Å². The van der Waals surface area contributed by atoms with E-state index in [9.17, 15) is 0 Å². The van der Waals surface area contributed by atoms with Crippen LogP contribution in [0.25, 0.3) is 0 Å². The normalized spacial score (nSPS) is 10.9. The molecule has 0 saturated heterocycles. The minimum absolute atomic E-state index is 0.360. The van der Waals surface area contributed by atoms with Gasteiger partial charge in [-0.3, -0.25) is 10.4 Å². The standard InChI is InChI=1S/C20H18N4OS/c1-25-18-13-6-5-11-16(18)22-20(26)24-23-19(15-9-3-2-4-10-15)17-12-7-8-14-21-17/h2-14H,1H3,(H2,22,24,26)/b23-19-. The fourth-order valence-electron chi connectivity index (χ4n) is 2.37. The Bertz CT molecular complexity index is 856. The van der Waals surface area contributed by atoms with Crippen LogP contribution < -0.4 is 15.5 Å². The topological polar surface area (TPSA) is 58.5 Å². The number of rotatable bonds is 5. The average molecular weight is 362 g/mol. The van der Waals surface area contributed by atoms with E-state index in [4.69, 9.17) is 17.0 Å². The highest BCUT2D eigenvalue weighted by atomic mass is 32.1. The Kier molecular flexibility index (Phi) is 5.90. The van der Waals surface area contributed by atoms with Crippen molar-refractivity contribution in [3.63, 3.8) is 0 Å². The monoisotopic (exact) mass is 362 g/mol. The number of hydrogen-bond donors (Lipinski definition) is 2. The van der Waals surface area contributed by atoms with E-state index in [2.05, 4.69) is 20.8 Å². The third-order valence-electron chi connectivity index (χ3n) is 3.58. The summed E-state index contributed by atoms with van der Waals surface area (Å²) in [6, 6.07) is 23.1. The number of nitrogens with zero attached hydrogens (tertiary/aromatic N) is 2. The Hall–Kier alpha value is -3.25. The maximum atomic E-state index is 5.36. The van der Waals surface area contributed by atoms with Crippen molar-refractivity contribution in [3.05, 3.63) is 90.3 Å². The number of thiocarbonyl (C=S) groups is 1. The summed E-state index contributed by atoms with van der Waals surface area (Å²) in [5, 5.41) is 7.92. The molecular weight excluding hydrogens is 344 g/mol. The average Bonchev–Trinajstić information content (AvgIpc) is 2.70. The van der Waals surface area contributed by atoms with E-state index in [0.717, 1.165) is 16.9 Å². The first-order valence-electron chi connectivity index (χ1n) is 8.02. The molecule has 130 valence electrons. The van der Waals surface area contributed by atoms with E-state index in [1.165, 1.54) is 0 Å². The van der Waals surface area contributed by atoms with E-state index in [1.54, 1.807) is 13.3 Å². The van der Waals surface area contributed by atoms with E-state index >= 15 is 0 Å². The van der Waals surface area contributed by atoms with Crippen LogP contribution in [0.4, 0.5) is 5.69 Å². The number of methoxy groups -OCH3 is 1. The molecule has 0 aliphatic heterocycles. The van der Waals surface area contributed by atoms with Crippen molar-refractivity contribution in [3.8, 4) is 5.75 Å². The fraction of sp³-hybridized carbons (Fsp3) is 0.0500. The zero-order valence-corrected chi connectivity index (χ0v) is 15.0. The van der Waals surface area contributed by atoms with Gasteiger partial charge in [-0.2, -0.15) is 5.10 Å². The van der Waals surface area contributed by atoms with Crippen LogP contribution in [0.3, 0.4) is 0 Å². The fourth-order valence-corrected chi connectivity index (χ4v) is 2.53. The Balaban J connectivity index is 1.81.